The lowest BCUT2D eigenvalue weighted by Crippen LogP contribution is -2.31. The van der Waals surface area contributed by atoms with Gasteiger partial charge in [0.15, 0.2) is 0 Å². The Morgan fingerprint density at radius 3 is 2.88 bits per heavy atom. The zero-order valence-electron chi connectivity index (χ0n) is 14.7. The first-order valence-electron chi connectivity index (χ1n) is 9.29. The molecule has 25 heavy (non-hydrogen) atoms. The van der Waals surface area contributed by atoms with Gasteiger partial charge in [0.1, 0.15) is 5.69 Å². The van der Waals surface area contributed by atoms with Crippen molar-refractivity contribution in [1.82, 2.24) is 15.6 Å². The second kappa shape index (κ2) is 7.26. The van der Waals surface area contributed by atoms with Crippen molar-refractivity contribution in [3.05, 3.63) is 51.0 Å². The molecule has 1 unspecified atom stereocenters. The van der Waals surface area contributed by atoms with E-state index < -0.39 is 0 Å². The fourth-order valence-corrected chi connectivity index (χ4v) is 5.09. The summed E-state index contributed by atoms with van der Waals surface area (Å²) in [6.45, 7) is 4.11. The molecular weight excluding hydrogens is 330 g/mol. The van der Waals surface area contributed by atoms with Crippen LogP contribution in [0.3, 0.4) is 0 Å². The van der Waals surface area contributed by atoms with E-state index in [1.807, 2.05) is 6.92 Å². The van der Waals surface area contributed by atoms with E-state index in [1.54, 1.807) is 11.3 Å². The van der Waals surface area contributed by atoms with Crippen molar-refractivity contribution >= 4 is 17.2 Å². The Balaban J connectivity index is 1.51. The van der Waals surface area contributed by atoms with Gasteiger partial charge in [-0.15, -0.1) is 11.3 Å². The second-order valence-corrected chi connectivity index (χ2v) is 8.33. The van der Waals surface area contributed by atoms with E-state index in [0.717, 1.165) is 55.1 Å². The molecule has 1 amide bonds. The zero-order valence-corrected chi connectivity index (χ0v) is 15.5. The molecule has 2 N–H and O–H groups in total. The summed E-state index contributed by atoms with van der Waals surface area (Å²) in [4.78, 5) is 18.6. The van der Waals surface area contributed by atoms with E-state index in [4.69, 9.17) is 4.98 Å². The van der Waals surface area contributed by atoms with Crippen LogP contribution in [-0.2, 0) is 6.42 Å². The SMILES string of the molecule is Cc1sc(C2CCNCC2)nc1C(=O)NC1CCCc2ccccc21. The quantitative estimate of drug-likeness (QED) is 0.882. The molecule has 0 saturated carbocycles. The maximum atomic E-state index is 12.9. The first kappa shape index (κ1) is 16.7. The van der Waals surface area contributed by atoms with Crippen molar-refractivity contribution < 1.29 is 4.79 Å². The predicted octanol–water partition coefficient (Wildman–Crippen LogP) is 3.73. The standard InChI is InChI=1S/C20H25N3OS/c1-13-18(23-20(25-13)15-9-11-21-12-10-15)19(24)22-17-8-4-6-14-5-2-3-7-16(14)17/h2-3,5,7,15,17,21H,4,6,8-12H2,1H3,(H,22,24). The molecule has 1 aromatic heterocycles. The summed E-state index contributed by atoms with van der Waals surface area (Å²) >= 11 is 1.70. The number of nitrogens with zero attached hydrogens (tertiary/aromatic N) is 1. The zero-order chi connectivity index (χ0) is 17.2. The highest BCUT2D eigenvalue weighted by molar-refractivity contribution is 7.12. The van der Waals surface area contributed by atoms with Gasteiger partial charge in [0, 0.05) is 10.8 Å². The minimum Gasteiger partial charge on any atom is -0.344 e. The number of nitrogens with one attached hydrogen (secondary N) is 2. The van der Waals surface area contributed by atoms with Crippen LogP contribution in [0.2, 0.25) is 0 Å². The van der Waals surface area contributed by atoms with E-state index in [0.29, 0.717) is 11.6 Å². The molecule has 0 radical (unpaired) electrons. The number of amides is 1. The minimum absolute atomic E-state index is 0.0179. The molecule has 0 spiro atoms. The molecule has 2 aromatic rings. The van der Waals surface area contributed by atoms with Crippen LogP contribution in [0.25, 0.3) is 0 Å². The number of rotatable bonds is 3. The smallest absolute Gasteiger partial charge is 0.271 e. The number of thiazole rings is 1. The van der Waals surface area contributed by atoms with Crippen molar-refractivity contribution in [1.29, 1.82) is 0 Å². The van der Waals surface area contributed by atoms with Crippen molar-refractivity contribution in [3.8, 4) is 0 Å². The summed E-state index contributed by atoms with van der Waals surface area (Å²) in [7, 11) is 0. The topological polar surface area (TPSA) is 54.0 Å². The summed E-state index contributed by atoms with van der Waals surface area (Å²) in [5, 5.41) is 7.76. The molecule has 1 atom stereocenters. The number of hydrogen-bond acceptors (Lipinski definition) is 4. The van der Waals surface area contributed by atoms with Crippen LogP contribution >= 0.6 is 11.3 Å². The van der Waals surface area contributed by atoms with Gasteiger partial charge in [-0.1, -0.05) is 24.3 Å². The number of hydrogen-bond donors (Lipinski definition) is 2. The second-order valence-electron chi connectivity index (χ2n) is 7.10. The molecule has 2 heterocycles. The summed E-state index contributed by atoms with van der Waals surface area (Å²) in [6.07, 6.45) is 5.47. The van der Waals surface area contributed by atoms with Gasteiger partial charge in [-0.2, -0.15) is 0 Å². The molecule has 1 saturated heterocycles. The highest BCUT2D eigenvalue weighted by Gasteiger charge is 2.26. The van der Waals surface area contributed by atoms with Gasteiger partial charge in [0.2, 0.25) is 0 Å². The molecule has 4 nitrogen and oxygen atoms in total. The lowest BCUT2D eigenvalue weighted by molar-refractivity contribution is 0.0927. The van der Waals surface area contributed by atoms with Gasteiger partial charge in [0.05, 0.1) is 11.0 Å². The monoisotopic (exact) mass is 355 g/mol. The van der Waals surface area contributed by atoms with Gasteiger partial charge < -0.3 is 10.6 Å². The molecule has 1 aliphatic carbocycles. The third kappa shape index (κ3) is 3.48. The Labute approximate surface area is 153 Å². The number of carbonyl (C=O) groups is 1. The predicted molar refractivity (Wildman–Crippen MR) is 101 cm³/mol. The first-order valence-corrected chi connectivity index (χ1v) is 10.1. The Bertz CT molecular complexity index is 764. The Morgan fingerprint density at radius 2 is 2.04 bits per heavy atom. The summed E-state index contributed by atoms with van der Waals surface area (Å²) in [5.74, 6) is 0.484. The number of piperidine rings is 1. The van der Waals surface area contributed by atoms with Crippen LogP contribution < -0.4 is 10.6 Å². The number of carbonyl (C=O) groups excluding carboxylic acids is 1. The van der Waals surface area contributed by atoms with E-state index >= 15 is 0 Å². The maximum absolute atomic E-state index is 12.9. The van der Waals surface area contributed by atoms with Crippen LogP contribution in [0, 0.1) is 6.92 Å². The van der Waals surface area contributed by atoms with Gasteiger partial charge in [-0.05, 0) is 63.2 Å². The maximum Gasteiger partial charge on any atom is 0.271 e. The first-order chi connectivity index (χ1) is 12.2. The van der Waals surface area contributed by atoms with Gasteiger partial charge >= 0.3 is 0 Å². The fraction of sp³-hybridized carbons (Fsp3) is 0.500. The number of aryl methyl sites for hydroxylation is 2. The fourth-order valence-electron chi connectivity index (χ4n) is 4.00. The molecule has 132 valence electrons. The van der Waals surface area contributed by atoms with Crippen LogP contribution in [0.5, 0.6) is 0 Å². The average Bonchev–Trinajstić information content (AvgIpc) is 3.05. The van der Waals surface area contributed by atoms with E-state index in [-0.39, 0.29) is 11.9 Å². The van der Waals surface area contributed by atoms with Gasteiger partial charge in [-0.25, -0.2) is 4.98 Å². The largest absolute Gasteiger partial charge is 0.344 e. The Kier molecular flexibility index (Phi) is 4.86. The Morgan fingerprint density at radius 1 is 1.24 bits per heavy atom. The molecule has 1 aromatic carbocycles. The van der Waals surface area contributed by atoms with Gasteiger partial charge in [0.25, 0.3) is 5.91 Å². The average molecular weight is 356 g/mol. The number of aromatic nitrogens is 1. The van der Waals surface area contributed by atoms with Crippen molar-refractivity contribution in [2.75, 3.05) is 13.1 Å². The van der Waals surface area contributed by atoms with Crippen molar-refractivity contribution in [2.45, 2.75) is 51.0 Å². The van der Waals surface area contributed by atoms with E-state index in [2.05, 4.69) is 34.9 Å². The van der Waals surface area contributed by atoms with Crippen molar-refractivity contribution in [3.63, 3.8) is 0 Å². The molecule has 5 heteroatoms. The number of benzene rings is 1. The summed E-state index contributed by atoms with van der Waals surface area (Å²) in [6, 6.07) is 8.58. The van der Waals surface area contributed by atoms with E-state index in [1.165, 1.54) is 11.1 Å². The normalized spacial score (nSPS) is 20.9. The van der Waals surface area contributed by atoms with Crippen molar-refractivity contribution in [2.24, 2.45) is 0 Å². The van der Waals surface area contributed by atoms with Gasteiger partial charge in [-0.3, -0.25) is 4.79 Å². The molecule has 1 fully saturated rings. The molecule has 2 aliphatic rings. The highest BCUT2D eigenvalue weighted by atomic mass is 32.1. The highest BCUT2D eigenvalue weighted by Crippen LogP contribution is 2.32. The molecule has 1 aliphatic heterocycles. The lowest BCUT2D eigenvalue weighted by atomic mass is 9.87. The van der Waals surface area contributed by atoms with Crippen LogP contribution in [-0.4, -0.2) is 24.0 Å². The minimum atomic E-state index is -0.0179. The number of fused-ring (bicyclic) bond motifs is 1. The van der Waals surface area contributed by atoms with E-state index in [9.17, 15) is 4.79 Å². The molecule has 0 bridgehead atoms. The van der Waals surface area contributed by atoms with Crippen LogP contribution in [0.15, 0.2) is 24.3 Å². The van der Waals surface area contributed by atoms with Crippen LogP contribution in [0.1, 0.15) is 69.1 Å². The van der Waals surface area contributed by atoms with Crippen LogP contribution in [0.4, 0.5) is 0 Å². The Hall–Kier alpha value is -1.72. The third-order valence-corrected chi connectivity index (χ3v) is 6.52. The summed E-state index contributed by atoms with van der Waals surface area (Å²) < 4.78 is 0. The molecular formula is C20H25N3OS. The molecule has 4 rings (SSSR count). The lowest BCUT2D eigenvalue weighted by Gasteiger charge is -2.26. The third-order valence-electron chi connectivity index (χ3n) is 5.39. The summed E-state index contributed by atoms with van der Waals surface area (Å²) in [5.41, 5.74) is 3.26.